The van der Waals surface area contributed by atoms with Gasteiger partial charge in [-0.2, -0.15) is 0 Å². The lowest BCUT2D eigenvalue weighted by molar-refractivity contribution is 0.596. The first-order chi connectivity index (χ1) is 15.0. The summed E-state index contributed by atoms with van der Waals surface area (Å²) in [7, 11) is 0. The molecular weight excluding hydrogens is 394 g/mol. The maximum atomic E-state index is 4.73. The summed E-state index contributed by atoms with van der Waals surface area (Å²) in [6.45, 7) is 6.83. The summed E-state index contributed by atoms with van der Waals surface area (Å²) < 4.78 is 0. The second kappa shape index (κ2) is 7.79. The van der Waals surface area contributed by atoms with E-state index >= 15 is 0 Å². The zero-order chi connectivity index (χ0) is 21.4. The van der Waals surface area contributed by atoms with Crippen molar-refractivity contribution in [2.75, 3.05) is 0 Å². The Morgan fingerprint density at radius 3 is 2.13 bits per heavy atom. The van der Waals surface area contributed by atoms with Crippen LogP contribution >= 0.6 is 11.3 Å². The lowest BCUT2D eigenvalue weighted by Gasteiger charge is -2.22. The van der Waals surface area contributed by atoms with Gasteiger partial charge in [0, 0.05) is 21.5 Å². The Kier molecular flexibility index (Phi) is 4.95. The number of aromatic nitrogens is 1. The molecule has 0 aliphatic heterocycles. The van der Waals surface area contributed by atoms with E-state index in [1.165, 1.54) is 42.8 Å². The molecule has 2 aromatic heterocycles. The Labute approximate surface area is 188 Å². The van der Waals surface area contributed by atoms with Crippen LogP contribution in [0.15, 0.2) is 97.2 Å². The van der Waals surface area contributed by atoms with E-state index in [1.807, 2.05) is 17.5 Å². The average Bonchev–Trinajstić information content (AvgIpc) is 3.29. The molecule has 152 valence electrons. The fraction of sp³-hybridized carbons (Fsp3) is 0.138. The highest BCUT2D eigenvalue weighted by Crippen LogP contribution is 2.37. The van der Waals surface area contributed by atoms with Crippen molar-refractivity contribution < 1.29 is 0 Å². The van der Waals surface area contributed by atoms with Gasteiger partial charge in [0.05, 0.1) is 5.69 Å². The lowest BCUT2D eigenvalue weighted by atomic mass is 9.82. The first-order valence-corrected chi connectivity index (χ1v) is 11.5. The lowest BCUT2D eigenvalue weighted by Crippen LogP contribution is -2.12. The van der Waals surface area contributed by atoms with Crippen LogP contribution in [0.2, 0.25) is 0 Å². The van der Waals surface area contributed by atoms with Crippen LogP contribution < -0.4 is 0 Å². The molecule has 0 bridgehead atoms. The van der Waals surface area contributed by atoms with E-state index in [4.69, 9.17) is 4.98 Å². The van der Waals surface area contributed by atoms with Crippen LogP contribution in [0.1, 0.15) is 26.3 Å². The van der Waals surface area contributed by atoms with E-state index in [9.17, 15) is 0 Å². The fourth-order valence-electron chi connectivity index (χ4n) is 4.07. The van der Waals surface area contributed by atoms with Crippen LogP contribution in [0.3, 0.4) is 0 Å². The predicted molar refractivity (Wildman–Crippen MR) is 135 cm³/mol. The molecule has 0 saturated heterocycles. The molecule has 0 N–H and O–H groups in total. The number of thiophene rings is 1. The molecule has 2 heteroatoms. The van der Waals surface area contributed by atoms with Crippen molar-refractivity contribution in [1.29, 1.82) is 0 Å². The van der Waals surface area contributed by atoms with Gasteiger partial charge in [0.15, 0.2) is 0 Å². The SMILES string of the molecule is CC(C)(C)c1cc(-c2cc(-c3ccc(-c4ccccc4)s3)ccn2)cc2ccccc12. The smallest absolute Gasteiger partial charge is 0.0708 e. The third-order valence-corrected chi connectivity index (χ3v) is 6.86. The Hall–Kier alpha value is -3.23. The van der Waals surface area contributed by atoms with Gasteiger partial charge in [-0.15, -0.1) is 11.3 Å². The molecule has 31 heavy (non-hydrogen) atoms. The van der Waals surface area contributed by atoms with Crippen molar-refractivity contribution in [1.82, 2.24) is 4.98 Å². The maximum Gasteiger partial charge on any atom is 0.0708 e. The highest BCUT2D eigenvalue weighted by molar-refractivity contribution is 7.18. The molecule has 0 spiro atoms. The summed E-state index contributed by atoms with van der Waals surface area (Å²) in [5.74, 6) is 0. The number of pyridine rings is 1. The third kappa shape index (κ3) is 3.92. The van der Waals surface area contributed by atoms with E-state index in [2.05, 4.69) is 112 Å². The zero-order valence-corrected chi connectivity index (χ0v) is 18.9. The first-order valence-electron chi connectivity index (χ1n) is 10.6. The minimum absolute atomic E-state index is 0.0611. The van der Waals surface area contributed by atoms with Gasteiger partial charge in [-0.25, -0.2) is 0 Å². The number of rotatable bonds is 3. The standard InChI is InChI=1S/C29H25NS/c1-29(2,3)25-18-23(17-21-11-7-8-12-24(21)25)26-19-22(15-16-30-26)28-14-13-27(31-28)20-9-5-4-6-10-20/h4-19H,1-3H3. The van der Waals surface area contributed by atoms with Crippen LogP contribution in [0, 0.1) is 0 Å². The van der Waals surface area contributed by atoms with Crippen molar-refractivity contribution in [3.63, 3.8) is 0 Å². The minimum Gasteiger partial charge on any atom is -0.256 e. The molecule has 0 radical (unpaired) electrons. The average molecular weight is 420 g/mol. The van der Waals surface area contributed by atoms with E-state index < -0.39 is 0 Å². The van der Waals surface area contributed by atoms with E-state index in [1.54, 1.807) is 0 Å². The van der Waals surface area contributed by atoms with Crippen LogP contribution in [0.5, 0.6) is 0 Å². The molecule has 0 aliphatic carbocycles. The van der Waals surface area contributed by atoms with E-state index in [0.717, 1.165) is 5.69 Å². The van der Waals surface area contributed by atoms with Gasteiger partial charge in [-0.3, -0.25) is 4.98 Å². The van der Waals surface area contributed by atoms with Gasteiger partial charge in [-0.1, -0.05) is 75.4 Å². The van der Waals surface area contributed by atoms with Gasteiger partial charge in [-0.05, 0) is 69.3 Å². The Morgan fingerprint density at radius 2 is 1.35 bits per heavy atom. The molecule has 5 aromatic rings. The molecule has 2 heterocycles. The van der Waals surface area contributed by atoms with Crippen molar-refractivity contribution in [3.05, 3.63) is 103 Å². The maximum absolute atomic E-state index is 4.73. The van der Waals surface area contributed by atoms with E-state index in [-0.39, 0.29) is 5.41 Å². The molecular formula is C29H25NS. The van der Waals surface area contributed by atoms with Crippen molar-refractivity contribution in [2.24, 2.45) is 0 Å². The first kappa shape index (κ1) is 19.7. The van der Waals surface area contributed by atoms with Crippen molar-refractivity contribution in [2.45, 2.75) is 26.2 Å². The molecule has 0 amide bonds. The monoisotopic (exact) mass is 419 g/mol. The van der Waals surface area contributed by atoms with Crippen LogP contribution in [-0.2, 0) is 5.41 Å². The molecule has 0 fully saturated rings. The van der Waals surface area contributed by atoms with Crippen LogP contribution in [0.4, 0.5) is 0 Å². The molecule has 0 atom stereocenters. The Morgan fingerprint density at radius 1 is 0.645 bits per heavy atom. The summed E-state index contributed by atoms with van der Waals surface area (Å²) in [5, 5.41) is 2.58. The van der Waals surface area contributed by atoms with Gasteiger partial charge >= 0.3 is 0 Å². The summed E-state index contributed by atoms with van der Waals surface area (Å²) in [6.07, 6.45) is 1.93. The summed E-state index contributed by atoms with van der Waals surface area (Å²) >= 11 is 1.83. The highest BCUT2D eigenvalue weighted by atomic mass is 32.1. The molecule has 3 aromatic carbocycles. The molecule has 0 saturated carbocycles. The highest BCUT2D eigenvalue weighted by Gasteiger charge is 2.18. The second-order valence-electron chi connectivity index (χ2n) is 8.95. The molecule has 0 unspecified atom stereocenters. The molecule has 0 aliphatic rings. The number of hydrogen-bond acceptors (Lipinski definition) is 2. The topological polar surface area (TPSA) is 12.9 Å². The number of hydrogen-bond donors (Lipinski definition) is 0. The minimum atomic E-state index is 0.0611. The number of nitrogens with zero attached hydrogens (tertiary/aromatic N) is 1. The van der Waals surface area contributed by atoms with Crippen molar-refractivity contribution in [3.8, 4) is 32.1 Å². The fourth-order valence-corrected chi connectivity index (χ4v) is 5.08. The van der Waals surface area contributed by atoms with Crippen LogP contribution in [-0.4, -0.2) is 4.98 Å². The van der Waals surface area contributed by atoms with Gasteiger partial charge in [0.1, 0.15) is 0 Å². The summed E-state index contributed by atoms with van der Waals surface area (Å²) in [6, 6.07) is 32.6. The summed E-state index contributed by atoms with van der Waals surface area (Å²) in [5.41, 5.74) is 6.08. The van der Waals surface area contributed by atoms with Crippen LogP contribution in [0.25, 0.3) is 42.9 Å². The summed E-state index contributed by atoms with van der Waals surface area (Å²) in [4.78, 5) is 7.28. The van der Waals surface area contributed by atoms with Gasteiger partial charge < -0.3 is 0 Å². The quantitative estimate of drug-likeness (QED) is 0.285. The molecule has 1 nitrogen and oxygen atoms in total. The number of benzene rings is 3. The second-order valence-corrected chi connectivity index (χ2v) is 10.0. The van der Waals surface area contributed by atoms with Gasteiger partial charge in [0.2, 0.25) is 0 Å². The van der Waals surface area contributed by atoms with Crippen molar-refractivity contribution >= 4 is 22.1 Å². The number of fused-ring (bicyclic) bond motifs is 1. The Balaban J connectivity index is 1.59. The largest absolute Gasteiger partial charge is 0.256 e. The molecule has 5 rings (SSSR count). The predicted octanol–water partition coefficient (Wildman–Crippen LogP) is 8.59. The van der Waals surface area contributed by atoms with Gasteiger partial charge in [0.25, 0.3) is 0 Å². The van der Waals surface area contributed by atoms with E-state index in [0.29, 0.717) is 0 Å². The normalized spacial score (nSPS) is 11.7. The zero-order valence-electron chi connectivity index (χ0n) is 18.1. The Bertz CT molecular complexity index is 1360. The third-order valence-electron chi connectivity index (χ3n) is 5.67.